The van der Waals surface area contributed by atoms with Crippen LogP contribution in [0.5, 0.6) is 0 Å². The number of nitrogens with zero attached hydrogens (tertiary/aromatic N) is 4. The van der Waals surface area contributed by atoms with E-state index in [1.165, 1.54) is 18.9 Å². The lowest BCUT2D eigenvalue weighted by molar-refractivity contribution is -0.384. The Balaban J connectivity index is 1.79. The average molecular weight is 320 g/mol. The maximum Gasteiger partial charge on any atom is 0.270 e. The molecule has 6 heteroatoms. The molecule has 0 aliphatic carbocycles. The second-order valence-corrected chi connectivity index (χ2v) is 5.93. The SMILES string of the molecule is O=[N+]([O-])c1cccc(-c2ccc3c(N4CCCC4)ncnc3c2)c1. The molecule has 3 aromatic rings. The van der Waals surface area contributed by atoms with Gasteiger partial charge in [0.05, 0.1) is 10.4 Å². The Morgan fingerprint density at radius 1 is 1.00 bits per heavy atom. The molecule has 0 unspecified atom stereocenters. The van der Waals surface area contributed by atoms with Gasteiger partial charge in [-0.3, -0.25) is 10.1 Å². The van der Waals surface area contributed by atoms with Crippen molar-refractivity contribution in [3.05, 3.63) is 58.9 Å². The smallest absolute Gasteiger partial charge is 0.270 e. The molecule has 1 saturated heterocycles. The average Bonchev–Trinajstić information content (AvgIpc) is 3.15. The Morgan fingerprint density at radius 2 is 1.79 bits per heavy atom. The zero-order valence-electron chi connectivity index (χ0n) is 13.1. The summed E-state index contributed by atoms with van der Waals surface area (Å²) >= 11 is 0. The van der Waals surface area contributed by atoms with Crippen molar-refractivity contribution in [2.75, 3.05) is 18.0 Å². The molecule has 1 fully saturated rings. The van der Waals surface area contributed by atoms with Crippen LogP contribution in [0.15, 0.2) is 48.8 Å². The number of benzene rings is 2. The van der Waals surface area contributed by atoms with Gasteiger partial charge in [0.1, 0.15) is 12.1 Å². The molecule has 0 radical (unpaired) electrons. The van der Waals surface area contributed by atoms with E-state index in [9.17, 15) is 10.1 Å². The summed E-state index contributed by atoms with van der Waals surface area (Å²) in [6.45, 7) is 2.05. The third-order valence-electron chi connectivity index (χ3n) is 4.41. The molecule has 1 aromatic heterocycles. The van der Waals surface area contributed by atoms with Crippen LogP contribution in [-0.4, -0.2) is 28.0 Å². The molecule has 2 heterocycles. The van der Waals surface area contributed by atoms with Gasteiger partial charge in [-0.2, -0.15) is 0 Å². The minimum Gasteiger partial charge on any atom is -0.356 e. The highest BCUT2D eigenvalue weighted by molar-refractivity contribution is 5.92. The fourth-order valence-corrected chi connectivity index (χ4v) is 3.20. The second kappa shape index (κ2) is 5.88. The number of non-ortho nitro benzene ring substituents is 1. The van der Waals surface area contributed by atoms with Crippen molar-refractivity contribution in [2.45, 2.75) is 12.8 Å². The van der Waals surface area contributed by atoms with E-state index >= 15 is 0 Å². The molecule has 0 amide bonds. The minimum atomic E-state index is -0.377. The Morgan fingerprint density at radius 3 is 2.58 bits per heavy atom. The highest BCUT2D eigenvalue weighted by Gasteiger charge is 2.17. The first kappa shape index (κ1) is 14.6. The van der Waals surface area contributed by atoms with Crippen molar-refractivity contribution in [1.29, 1.82) is 0 Å². The second-order valence-electron chi connectivity index (χ2n) is 5.93. The predicted molar refractivity (Wildman–Crippen MR) is 93.1 cm³/mol. The number of nitro benzene ring substituents is 1. The van der Waals surface area contributed by atoms with Gasteiger partial charge in [-0.15, -0.1) is 0 Å². The monoisotopic (exact) mass is 320 g/mol. The van der Waals surface area contributed by atoms with Crippen LogP contribution < -0.4 is 4.90 Å². The van der Waals surface area contributed by atoms with Crippen LogP contribution in [-0.2, 0) is 0 Å². The maximum atomic E-state index is 11.0. The van der Waals surface area contributed by atoms with Crippen LogP contribution in [0.25, 0.3) is 22.0 Å². The largest absolute Gasteiger partial charge is 0.356 e. The van der Waals surface area contributed by atoms with E-state index in [4.69, 9.17) is 0 Å². The zero-order chi connectivity index (χ0) is 16.5. The molecule has 1 aliphatic heterocycles. The van der Waals surface area contributed by atoms with Gasteiger partial charge in [0, 0.05) is 30.6 Å². The number of hydrogen-bond acceptors (Lipinski definition) is 5. The molecular formula is C18H16N4O2. The molecule has 0 bridgehead atoms. The summed E-state index contributed by atoms with van der Waals surface area (Å²) in [5, 5.41) is 12.0. The summed E-state index contributed by atoms with van der Waals surface area (Å²) < 4.78 is 0. The third-order valence-corrected chi connectivity index (χ3v) is 4.41. The predicted octanol–water partition coefficient (Wildman–Crippen LogP) is 3.81. The van der Waals surface area contributed by atoms with Crippen molar-refractivity contribution in [1.82, 2.24) is 9.97 Å². The number of rotatable bonds is 3. The third kappa shape index (κ3) is 2.56. The van der Waals surface area contributed by atoms with Gasteiger partial charge in [0.2, 0.25) is 0 Å². The summed E-state index contributed by atoms with van der Waals surface area (Å²) in [7, 11) is 0. The molecule has 4 rings (SSSR count). The van der Waals surface area contributed by atoms with Crippen molar-refractivity contribution < 1.29 is 4.92 Å². The molecule has 0 spiro atoms. The molecule has 0 saturated carbocycles. The van der Waals surface area contributed by atoms with E-state index in [2.05, 4.69) is 14.9 Å². The van der Waals surface area contributed by atoms with Crippen LogP contribution >= 0.6 is 0 Å². The van der Waals surface area contributed by atoms with Gasteiger partial charge in [-0.1, -0.05) is 18.2 Å². The Kier molecular flexibility index (Phi) is 3.57. The standard InChI is InChI=1S/C18H16N4O2/c23-22(24)15-5-3-4-13(10-15)14-6-7-16-17(11-14)19-12-20-18(16)21-8-1-2-9-21/h3-7,10-12H,1-2,8-9H2. The summed E-state index contributed by atoms with van der Waals surface area (Å²) in [5.41, 5.74) is 2.67. The van der Waals surface area contributed by atoms with Gasteiger partial charge >= 0.3 is 0 Å². The quantitative estimate of drug-likeness (QED) is 0.542. The van der Waals surface area contributed by atoms with E-state index < -0.39 is 0 Å². The van der Waals surface area contributed by atoms with E-state index in [0.717, 1.165) is 40.9 Å². The fourth-order valence-electron chi connectivity index (χ4n) is 3.20. The first-order valence-corrected chi connectivity index (χ1v) is 7.97. The van der Waals surface area contributed by atoms with Crippen molar-refractivity contribution in [2.24, 2.45) is 0 Å². The molecule has 1 aliphatic rings. The number of anilines is 1. The van der Waals surface area contributed by atoms with Crippen LogP contribution in [0, 0.1) is 10.1 Å². The maximum absolute atomic E-state index is 11.0. The minimum absolute atomic E-state index is 0.0908. The summed E-state index contributed by atoms with van der Waals surface area (Å²) in [6.07, 6.45) is 3.97. The van der Waals surface area contributed by atoms with Crippen molar-refractivity contribution >= 4 is 22.4 Å². The lowest BCUT2D eigenvalue weighted by Crippen LogP contribution is -2.19. The molecule has 6 nitrogen and oxygen atoms in total. The zero-order valence-corrected chi connectivity index (χ0v) is 13.1. The first-order chi connectivity index (χ1) is 11.7. The van der Waals surface area contributed by atoms with Crippen LogP contribution in [0.1, 0.15) is 12.8 Å². The summed E-state index contributed by atoms with van der Waals surface area (Å²) in [4.78, 5) is 21.7. The van der Waals surface area contributed by atoms with Crippen LogP contribution in [0.4, 0.5) is 11.5 Å². The first-order valence-electron chi connectivity index (χ1n) is 7.97. The van der Waals surface area contributed by atoms with Gasteiger partial charge in [0.15, 0.2) is 0 Å². The van der Waals surface area contributed by atoms with Gasteiger partial charge in [-0.25, -0.2) is 9.97 Å². The van der Waals surface area contributed by atoms with E-state index in [0.29, 0.717) is 0 Å². The number of hydrogen-bond donors (Lipinski definition) is 0. The van der Waals surface area contributed by atoms with Crippen molar-refractivity contribution in [3.8, 4) is 11.1 Å². The molecule has 24 heavy (non-hydrogen) atoms. The molecule has 2 aromatic carbocycles. The van der Waals surface area contributed by atoms with E-state index in [1.807, 2.05) is 24.3 Å². The summed E-state index contributed by atoms with van der Waals surface area (Å²) in [5.74, 6) is 0.975. The molecule has 0 atom stereocenters. The Bertz CT molecular complexity index is 920. The summed E-state index contributed by atoms with van der Waals surface area (Å²) in [6, 6.07) is 12.6. The van der Waals surface area contributed by atoms with Gasteiger partial charge < -0.3 is 4.90 Å². The highest BCUT2D eigenvalue weighted by Crippen LogP contribution is 2.30. The molecule has 0 N–H and O–H groups in total. The Hall–Kier alpha value is -3.02. The van der Waals surface area contributed by atoms with E-state index in [-0.39, 0.29) is 10.6 Å². The molecular weight excluding hydrogens is 304 g/mol. The van der Waals surface area contributed by atoms with Gasteiger partial charge in [-0.05, 0) is 36.1 Å². The Labute approximate surface area is 138 Å². The molecule has 120 valence electrons. The van der Waals surface area contributed by atoms with Crippen LogP contribution in [0.2, 0.25) is 0 Å². The lowest BCUT2D eigenvalue weighted by atomic mass is 10.0. The highest BCUT2D eigenvalue weighted by atomic mass is 16.6. The van der Waals surface area contributed by atoms with E-state index in [1.54, 1.807) is 18.5 Å². The van der Waals surface area contributed by atoms with Crippen LogP contribution in [0.3, 0.4) is 0 Å². The fraction of sp³-hybridized carbons (Fsp3) is 0.222. The number of nitro groups is 1. The number of fused-ring (bicyclic) bond motifs is 1. The lowest BCUT2D eigenvalue weighted by Gasteiger charge is -2.18. The number of aromatic nitrogens is 2. The van der Waals surface area contributed by atoms with Gasteiger partial charge in [0.25, 0.3) is 5.69 Å². The topological polar surface area (TPSA) is 72.2 Å². The normalized spacial score (nSPS) is 14.2. The van der Waals surface area contributed by atoms with Crippen molar-refractivity contribution in [3.63, 3.8) is 0 Å².